The number of aromatic nitrogens is 2. The SMILES string of the molecule is C#Cc1cn(SF)c(CN(CCC)C(=O)OC(C)(C)C)n1. The summed E-state index contributed by atoms with van der Waals surface area (Å²) in [5.74, 6) is 2.72. The maximum absolute atomic E-state index is 12.9. The van der Waals surface area contributed by atoms with Gasteiger partial charge in [-0.2, -0.15) is 0 Å². The molecule has 0 N–H and O–H groups in total. The quantitative estimate of drug-likeness (QED) is 0.782. The van der Waals surface area contributed by atoms with Crippen molar-refractivity contribution in [1.82, 2.24) is 13.9 Å². The number of carbonyl (C=O) groups is 1. The van der Waals surface area contributed by atoms with E-state index in [0.29, 0.717) is 18.1 Å². The van der Waals surface area contributed by atoms with E-state index < -0.39 is 11.7 Å². The number of amides is 1. The van der Waals surface area contributed by atoms with Gasteiger partial charge in [-0.25, -0.2) is 13.8 Å². The average molecular weight is 313 g/mol. The molecule has 0 saturated carbocycles. The molecule has 0 radical (unpaired) electrons. The van der Waals surface area contributed by atoms with E-state index >= 15 is 0 Å². The molecule has 1 rings (SSSR count). The molecule has 1 amide bonds. The van der Waals surface area contributed by atoms with Gasteiger partial charge in [0.05, 0.1) is 12.7 Å². The Morgan fingerprint density at radius 2 is 2.29 bits per heavy atom. The summed E-state index contributed by atoms with van der Waals surface area (Å²) in [5.41, 5.74) is -0.257. The van der Waals surface area contributed by atoms with Crippen LogP contribution in [0.5, 0.6) is 0 Å². The summed E-state index contributed by atoms with van der Waals surface area (Å²) >= 11 is -0.00361. The molecule has 0 aliphatic carbocycles. The van der Waals surface area contributed by atoms with E-state index in [1.54, 1.807) is 20.8 Å². The molecule has 0 atom stereocenters. The lowest BCUT2D eigenvalue weighted by molar-refractivity contribution is 0.0228. The molecule has 0 aliphatic rings. The molecule has 0 bridgehead atoms. The van der Waals surface area contributed by atoms with Crippen molar-refractivity contribution >= 4 is 18.4 Å². The number of halogens is 1. The fraction of sp³-hybridized carbons (Fsp3) is 0.571. The van der Waals surface area contributed by atoms with Crippen molar-refractivity contribution in [3.05, 3.63) is 17.7 Å². The van der Waals surface area contributed by atoms with Crippen LogP contribution in [-0.4, -0.2) is 32.1 Å². The molecule has 5 nitrogen and oxygen atoms in total. The minimum absolute atomic E-state index is 0.00361. The monoisotopic (exact) mass is 313 g/mol. The number of hydrogen-bond acceptors (Lipinski definition) is 4. The molecular weight excluding hydrogens is 293 g/mol. The van der Waals surface area contributed by atoms with Crippen molar-refractivity contribution in [1.29, 1.82) is 0 Å². The molecule has 0 unspecified atom stereocenters. The van der Waals surface area contributed by atoms with Crippen molar-refractivity contribution in [2.24, 2.45) is 0 Å². The van der Waals surface area contributed by atoms with Gasteiger partial charge in [-0.1, -0.05) is 6.92 Å². The van der Waals surface area contributed by atoms with Crippen LogP contribution in [0.3, 0.4) is 0 Å². The summed E-state index contributed by atoms with van der Waals surface area (Å²) in [4.78, 5) is 17.8. The summed E-state index contributed by atoms with van der Waals surface area (Å²) < 4.78 is 19.4. The standard InChI is InChI=1S/C14H20FN3O2S/c1-6-8-17(13(19)20-14(3,4)5)10-12-16-11(7-2)9-18(12)21-15/h2,9H,6,8,10H2,1,3-5H3. The molecule has 7 heteroatoms. The fourth-order valence-electron chi connectivity index (χ4n) is 1.64. The first-order valence-electron chi connectivity index (χ1n) is 6.62. The Bertz CT molecular complexity index is 531. The van der Waals surface area contributed by atoms with Crippen LogP contribution in [-0.2, 0) is 11.3 Å². The van der Waals surface area contributed by atoms with Gasteiger partial charge in [0.1, 0.15) is 17.1 Å². The van der Waals surface area contributed by atoms with Gasteiger partial charge in [0.2, 0.25) is 0 Å². The second-order valence-electron chi connectivity index (χ2n) is 5.48. The lowest BCUT2D eigenvalue weighted by Crippen LogP contribution is -2.37. The van der Waals surface area contributed by atoms with Gasteiger partial charge < -0.3 is 9.64 Å². The summed E-state index contributed by atoms with van der Waals surface area (Å²) in [7, 11) is 0. The molecule has 0 aromatic carbocycles. The van der Waals surface area contributed by atoms with Gasteiger partial charge in [-0.05, 0) is 33.1 Å². The molecule has 0 aliphatic heterocycles. The van der Waals surface area contributed by atoms with Crippen LogP contribution in [0.2, 0.25) is 0 Å². The van der Waals surface area contributed by atoms with Crippen LogP contribution in [0.4, 0.5) is 8.68 Å². The van der Waals surface area contributed by atoms with Crippen molar-refractivity contribution in [2.75, 3.05) is 6.54 Å². The van der Waals surface area contributed by atoms with Crippen LogP contribution in [0.1, 0.15) is 45.6 Å². The highest BCUT2D eigenvalue weighted by molar-refractivity contribution is 7.92. The molecule has 1 heterocycles. The largest absolute Gasteiger partial charge is 0.444 e. The van der Waals surface area contributed by atoms with E-state index in [9.17, 15) is 8.68 Å². The number of carbonyl (C=O) groups excluding carboxylic acids is 1. The first-order chi connectivity index (χ1) is 9.80. The van der Waals surface area contributed by atoms with Crippen LogP contribution in [0.25, 0.3) is 0 Å². The van der Waals surface area contributed by atoms with Crippen molar-refractivity contribution in [2.45, 2.75) is 46.3 Å². The zero-order valence-electron chi connectivity index (χ0n) is 12.7. The Morgan fingerprint density at radius 1 is 1.62 bits per heavy atom. The van der Waals surface area contributed by atoms with Crippen molar-refractivity contribution < 1.29 is 13.4 Å². The topological polar surface area (TPSA) is 47.4 Å². The highest BCUT2D eigenvalue weighted by Gasteiger charge is 2.23. The number of hydrogen-bond donors (Lipinski definition) is 0. The summed E-state index contributed by atoms with van der Waals surface area (Å²) in [6, 6.07) is 0. The number of rotatable bonds is 5. The fourth-order valence-corrected chi connectivity index (χ4v) is 1.96. The molecule has 21 heavy (non-hydrogen) atoms. The van der Waals surface area contributed by atoms with E-state index in [2.05, 4.69) is 10.9 Å². The molecule has 1 aromatic heterocycles. The number of imidazole rings is 1. The highest BCUT2D eigenvalue weighted by Crippen LogP contribution is 2.17. The Hall–Kier alpha value is -1.68. The maximum Gasteiger partial charge on any atom is 0.410 e. The maximum atomic E-state index is 12.9. The first kappa shape index (κ1) is 17.4. The van der Waals surface area contributed by atoms with Crippen LogP contribution in [0.15, 0.2) is 6.20 Å². The van der Waals surface area contributed by atoms with Gasteiger partial charge in [0.15, 0.2) is 12.3 Å². The van der Waals surface area contributed by atoms with E-state index in [0.717, 1.165) is 6.42 Å². The first-order valence-corrected chi connectivity index (χ1v) is 7.30. The van der Waals surface area contributed by atoms with Crippen LogP contribution < -0.4 is 0 Å². The van der Waals surface area contributed by atoms with Gasteiger partial charge in [-0.15, -0.1) is 10.3 Å². The lowest BCUT2D eigenvalue weighted by atomic mass is 10.2. The molecule has 116 valence electrons. The smallest absolute Gasteiger partial charge is 0.410 e. The molecule has 0 saturated heterocycles. The highest BCUT2D eigenvalue weighted by atomic mass is 32.2. The minimum atomic E-state index is -0.586. The second kappa shape index (κ2) is 7.36. The zero-order valence-corrected chi connectivity index (χ0v) is 13.5. The zero-order chi connectivity index (χ0) is 16.0. The van der Waals surface area contributed by atoms with Crippen molar-refractivity contribution in [3.63, 3.8) is 0 Å². The van der Waals surface area contributed by atoms with Gasteiger partial charge in [0, 0.05) is 6.54 Å². The predicted octanol–water partition coefficient (Wildman–Crippen LogP) is 3.39. The van der Waals surface area contributed by atoms with E-state index in [1.165, 1.54) is 15.1 Å². The molecule has 1 aromatic rings. The summed E-state index contributed by atoms with van der Waals surface area (Å²) in [6.07, 6.45) is 6.97. The average Bonchev–Trinajstić information content (AvgIpc) is 2.78. The van der Waals surface area contributed by atoms with E-state index in [4.69, 9.17) is 11.2 Å². The number of ether oxygens (including phenoxy) is 1. The third-order valence-electron chi connectivity index (χ3n) is 2.44. The van der Waals surface area contributed by atoms with Crippen molar-refractivity contribution in [3.8, 4) is 12.3 Å². The minimum Gasteiger partial charge on any atom is -0.444 e. The number of nitrogens with zero attached hydrogens (tertiary/aromatic N) is 3. The Morgan fingerprint density at radius 3 is 2.76 bits per heavy atom. The summed E-state index contributed by atoms with van der Waals surface area (Å²) in [5, 5.41) is 0. The van der Waals surface area contributed by atoms with Gasteiger partial charge >= 0.3 is 6.09 Å². The molecular formula is C14H20FN3O2S. The van der Waals surface area contributed by atoms with E-state index in [1.807, 2.05) is 6.92 Å². The Balaban J connectivity index is 2.90. The Kier molecular flexibility index (Phi) is 6.09. The Labute approximate surface area is 129 Å². The third kappa shape index (κ3) is 5.31. The van der Waals surface area contributed by atoms with E-state index in [-0.39, 0.29) is 18.9 Å². The predicted molar refractivity (Wildman–Crippen MR) is 81.2 cm³/mol. The van der Waals surface area contributed by atoms with Gasteiger partial charge in [0.25, 0.3) is 0 Å². The lowest BCUT2D eigenvalue weighted by Gasteiger charge is -2.26. The number of terminal acetylenes is 1. The van der Waals surface area contributed by atoms with Crippen LogP contribution >= 0.6 is 12.3 Å². The second-order valence-corrected chi connectivity index (χ2v) is 6.01. The molecule has 0 spiro atoms. The summed E-state index contributed by atoms with van der Waals surface area (Å²) in [6.45, 7) is 7.96. The van der Waals surface area contributed by atoms with Crippen LogP contribution in [0, 0.1) is 12.3 Å². The molecule has 0 fully saturated rings. The van der Waals surface area contributed by atoms with Gasteiger partial charge in [-0.3, -0.25) is 0 Å². The normalized spacial score (nSPS) is 11.0. The third-order valence-corrected chi connectivity index (χ3v) is 2.91.